The number of nitrogens with one attached hydrogen (secondary N) is 3. The van der Waals surface area contributed by atoms with Gasteiger partial charge in [-0.15, -0.1) is 11.3 Å². The maximum absolute atomic E-state index is 15.2. The third-order valence-corrected chi connectivity index (χ3v) is 17.9. The van der Waals surface area contributed by atoms with Crippen LogP contribution in [0.25, 0.3) is 10.1 Å². The summed E-state index contributed by atoms with van der Waals surface area (Å²) in [6, 6.07) is 21.4. The molecule has 0 saturated carbocycles. The van der Waals surface area contributed by atoms with E-state index in [0.29, 0.717) is 47.6 Å². The van der Waals surface area contributed by atoms with Gasteiger partial charge in [0.15, 0.2) is 6.61 Å². The number of halogens is 2. The number of hydrogen-bond donors (Lipinski definition) is 5. The number of imide groups is 2. The summed E-state index contributed by atoms with van der Waals surface area (Å²) in [5.41, 5.74) is -2.67. The molecule has 4 aliphatic heterocycles. The average molecular weight is 1190 g/mol. The third kappa shape index (κ3) is 13.8. The lowest BCUT2D eigenvalue weighted by molar-refractivity contribution is -0.150. The van der Waals surface area contributed by atoms with E-state index in [1.807, 2.05) is 41.3 Å². The average Bonchev–Trinajstić information content (AvgIpc) is 1.74. The number of likely N-dealkylation sites (tertiary alicyclic amines) is 1. The molecule has 1 aromatic heterocycles. The number of thiophene rings is 1. The summed E-state index contributed by atoms with van der Waals surface area (Å²) in [5.74, 6) is 2.72. The zero-order chi connectivity index (χ0) is 60.1. The molecule has 22 heteroatoms. The molecular formula is C62H67F2N6O12PS. The Labute approximate surface area is 489 Å². The van der Waals surface area contributed by atoms with Crippen LogP contribution >= 0.6 is 18.9 Å². The highest BCUT2D eigenvalue weighted by Gasteiger charge is 2.51. The molecule has 2 saturated heterocycles. The minimum Gasteiger partial charge on any atom is -0.484 e. The minimum atomic E-state index is -5.86. The van der Waals surface area contributed by atoms with E-state index in [4.69, 9.17) is 4.74 Å². The molecule has 0 spiro atoms. The van der Waals surface area contributed by atoms with Crippen LogP contribution in [0.15, 0.2) is 91.0 Å². The highest BCUT2D eigenvalue weighted by atomic mass is 32.1. The number of unbranched alkanes of at least 4 members (excludes halogenated alkanes) is 6. The van der Waals surface area contributed by atoms with Gasteiger partial charge in [-0.2, -0.15) is 8.78 Å². The predicted molar refractivity (Wildman–Crippen MR) is 309 cm³/mol. The van der Waals surface area contributed by atoms with Crippen molar-refractivity contribution >= 4 is 76.3 Å². The van der Waals surface area contributed by atoms with Crippen LogP contribution in [0, 0.1) is 17.3 Å². The first kappa shape index (κ1) is 60.9. The summed E-state index contributed by atoms with van der Waals surface area (Å²) >= 11 is 0.963. The number of nitrogens with zero attached hydrogens (tertiary/aromatic N) is 3. The third-order valence-electron chi connectivity index (χ3n) is 15.8. The topological polar surface area (TPSA) is 249 Å². The maximum atomic E-state index is 15.2. The quantitative estimate of drug-likeness (QED) is 0.0227. The SMILES string of the molecule is CC(C)(C)C(NC(=O)c1cc2cc(C(F)(F)P(=O)(O)O)ccc2s1)C(=O)N1Cc2cc(OCC(=O)NCCCCCCCCC#Cc3ccc4c(c3)C(=O)N(C3CCC(=O)NC3=O)C4=O)ccc2C[C@H]1C(=O)N1CCC[C@H](c2ccccc2)C1. The largest absolute Gasteiger partial charge is 0.484 e. The number of fused-ring (bicyclic) bond motifs is 3. The standard InChI is InChI=1S/C62H67F2N6O12PS/c1-61(2,3)54(67-56(74)51-34-42-31-44(22-26-50(42)84-51)62(63,64)83(79,80)81)60(78)69-36-43-32-45(23-21-40(43)33-49(69)59(77)68-29-15-19-41(35-68)39-17-12-10-13-18-39)82-37-53(72)65-28-14-9-7-5-4-6-8-11-16-38-20-24-46-47(30-38)58(76)70(57(46)75)48-25-27-52(71)66-55(48)73/h10,12-13,17-18,20-24,26,30-32,34,41,48-49,54H,4-9,14-15,19,25,27-29,33,35-37H2,1-3H3,(H,65,72)(H,67,74)(H,66,71,73)(H2,79,80,81)/t41-,48?,49-,54?/m0/s1. The fourth-order valence-electron chi connectivity index (χ4n) is 11.2. The van der Waals surface area contributed by atoms with E-state index in [2.05, 4.69) is 27.8 Å². The van der Waals surface area contributed by atoms with E-state index in [-0.39, 0.29) is 71.5 Å². The molecule has 0 bridgehead atoms. The monoisotopic (exact) mass is 1190 g/mol. The van der Waals surface area contributed by atoms with Gasteiger partial charge in [0.25, 0.3) is 23.6 Å². The molecule has 4 atom stereocenters. The first-order chi connectivity index (χ1) is 40.0. The minimum absolute atomic E-state index is 0.0162. The predicted octanol–water partition coefficient (Wildman–Crippen LogP) is 8.31. The van der Waals surface area contributed by atoms with Gasteiger partial charge in [-0.1, -0.05) is 101 Å². The fraction of sp³-hybridized carbons (Fsp3) is 0.419. The molecule has 442 valence electrons. The number of piperidine rings is 2. The lowest BCUT2D eigenvalue weighted by atomic mass is 9.83. The molecule has 8 amide bonds. The molecular weight excluding hydrogens is 1120 g/mol. The van der Waals surface area contributed by atoms with Crippen LogP contribution in [0.2, 0.25) is 0 Å². The lowest BCUT2D eigenvalue weighted by Crippen LogP contribution is -2.61. The summed E-state index contributed by atoms with van der Waals surface area (Å²) in [5, 5.41) is 8.14. The number of carbonyl (C=O) groups is 8. The summed E-state index contributed by atoms with van der Waals surface area (Å²) in [6.07, 6.45) is 8.03. The van der Waals surface area contributed by atoms with Gasteiger partial charge >= 0.3 is 13.3 Å². The van der Waals surface area contributed by atoms with Crippen molar-refractivity contribution in [1.82, 2.24) is 30.7 Å². The van der Waals surface area contributed by atoms with Crippen LogP contribution in [0.5, 0.6) is 5.75 Å². The number of amides is 8. The Balaban J connectivity index is 0.772. The first-order valence-corrected chi connectivity index (χ1v) is 30.7. The van der Waals surface area contributed by atoms with Gasteiger partial charge in [0.1, 0.15) is 23.9 Å². The van der Waals surface area contributed by atoms with Gasteiger partial charge in [-0.05, 0) is 108 Å². The molecule has 4 aromatic carbocycles. The molecule has 18 nitrogen and oxygen atoms in total. The van der Waals surface area contributed by atoms with Crippen molar-refractivity contribution in [2.75, 3.05) is 26.2 Å². The van der Waals surface area contributed by atoms with Crippen LogP contribution in [-0.2, 0) is 47.2 Å². The Hall–Kier alpha value is -7.63. The Kier molecular flexibility index (Phi) is 18.6. The van der Waals surface area contributed by atoms with E-state index in [0.717, 1.165) is 90.9 Å². The fourth-order valence-corrected chi connectivity index (χ4v) is 12.6. The summed E-state index contributed by atoms with van der Waals surface area (Å²) in [7, 11) is -5.86. The molecule has 5 N–H and O–H groups in total. The number of benzene rings is 4. The summed E-state index contributed by atoms with van der Waals surface area (Å²) in [6.45, 7) is 6.48. The van der Waals surface area contributed by atoms with E-state index in [1.165, 1.54) is 17.0 Å². The number of carbonyl (C=O) groups excluding carboxylic acids is 8. The molecule has 0 radical (unpaired) electrons. The van der Waals surface area contributed by atoms with Crippen molar-refractivity contribution in [3.05, 3.63) is 135 Å². The van der Waals surface area contributed by atoms with E-state index in [9.17, 15) is 56.7 Å². The van der Waals surface area contributed by atoms with Gasteiger partial charge in [-0.3, -0.25) is 53.1 Å². The zero-order valence-corrected chi connectivity index (χ0v) is 48.6. The van der Waals surface area contributed by atoms with Crippen molar-refractivity contribution in [2.24, 2.45) is 5.41 Å². The Morgan fingerprint density at radius 1 is 0.857 bits per heavy atom. The van der Waals surface area contributed by atoms with Gasteiger partial charge in [0.2, 0.25) is 23.6 Å². The molecule has 5 heterocycles. The van der Waals surface area contributed by atoms with Gasteiger partial charge < -0.3 is 35.0 Å². The molecule has 9 rings (SSSR count). The van der Waals surface area contributed by atoms with E-state index < -0.39 is 77.8 Å². The van der Waals surface area contributed by atoms with Crippen LogP contribution in [0.3, 0.4) is 0 Å². The van der Waals surface area contributed by atoms with Crippen LogP contribution < -0.4 is 20.7 Å². The normalized spacial score (nSPS) is 18.6. The zero-order valence-electron chi connectivity index (χ0n) is 46.9. The van der Waals surface area contributed by atoms with Crippen molar-refractivity contribution in [2.45, 2.75) is 134 Å². The van der Waals surface area contributed by atoms with Crippen LogP contribution in [0.1, 0.15) is 156 Å². The number of ether oxygens (including phenoxy) is 1. The number of rotatable bonds is 19. The number of hydrogen-bond acceptors (Lipinski definition) is 11. The Morgan fingerprint density at radius 2 is 1.60 bits per heavy atom. The molecule has 4 aliphatic rings. The molecule has 2 fully saturated rings. The Morgan fingerprint density at radius 3 is 2.33 bits per heavy atom. The van der Waals surface area contributed by atoms with Gasteiger partial charge in [0.05, 0.1) is 16.0 Å². The maximum Gasteiger partial charge on any atom is 0.399 e. The second kappa shape index (κ2) is 25.7. The van der Waals surface area contributed by atoms with Crippen molar-refractivity contribution < 1.29 is 66.2 Å². The number of alkyl halides is 2. The lowest BCUT2D eigenvalue weighted by Gasteiger charge is -2.43. The van der Waals surface area contributed by atoms with Crippen molar-refractivity contribution in [1.29, 1.82) is 0 Å². The summed E-state index contributed by atoms with van der Waals surface area (Å²) in [4.78, 5) is 130. The van der Waals surface area contributed by atoms with E-state index in [1.54, 1.807) is 51.1 Å². The highest BCUT2D eigenvalue weighted by Crippen LogP contribution is 2.59. The second-order valence-corrected chi connectivity index (χ2v) is 25.6. The second-order valence-electron chi connectivity index (χ2n) is 22.9. The van der Waals surface area contributed by atoms with E-state index >= 15 is 4.79 Å². The first-order valence-electron chi connectivity index (χ1n) is 28.3. The molecule has 0 aliphatic carbocycles. The van der Waals surface area contributed by atoms with Gasteiger partial charge in [0, 0.05) is 67.2 Å². The van der Waals surface area contributed by atoms with Crippen molar-refractivity contribution in [3.8, 4) is 17.6 Å². The molecule has 5 aromatic rings. The molecule has 2 unspecified atom stereocenters. The van der Waals surface area contributed by atoms with Crippen LogP contribution in [0.4, 0.5) is 8.78 Å². The highest BCUT2D eigenvalue weighted by molar-refractivity contribution is 7.52. The Bertz CT molecular complexity index is 3520. The van der Waals surface area contributed by atoms with Gasteiger partial charge in [-0.25, -0.2) is 0 Å². The van der Waals surface area contributed by atoms with Crippen LogP contribution in [-0.4, -0.2) is 116 Å². The van der Waals surface area contributed by atoms with Crippen molar-refractivity contribution in [3.63, 3.8) is 0 Å². The smallest absolute Gasteiger partial charge is 0.399 e. The molecule has 84 heavy (non-hydrogen) atoms. The summed E-state index contributed by atoms with van der Waals surface area (Å²) < 4.78 is 47.3.